The van der Waals surface area contributed by atoms with Crippen molar-refractivity contribution >= 4 is 11.8 Å². The van der Waals surface area contributed by atoms with Crippen molar-refractivity contribution in [3.63, 3.8) is 0 Å². The van der Waals surface area contributed by atoms with Gasteiger partial charge in [0.2, 0.25) is 5.91 Å². The number of imidazole rings is 2. The molecule has 0 spiro atoms. The van der Waals surface area contributed by atoms with Crippen molar-refractivity contribution in [2.24, 2.45) is 0 Å². The summed E-state index contributed by atoms with van der Waals surface area (Å²) in [6.45, 7) is 0.939. The fourth-order valence-electron chi connectivity index (χ4n) is 4.88. The van der Waals surface area contributed by atoms with Crippen molar-refractivity contribution in [1.29, 1.82) is 0 Å². The summed E-state index contributed by atoms with van der Waals surface area (Å²) in [6.07, 6.45) is 7.72. The average Bonchev–Trinajstić information content (AvgIpc) is 3.46. The molecule has 1 saturated heterocycles. The van der Waals surface area contributed by atoms with Gasteiger partial charge in [0.15, 0.2) is 0 Å². The molecule has 160 valence electrons. The third kappa shape index (κ3) is 3.41. The van der Waals surface area contributed by atoms with Crippen LogP contribution in [0, 0.1) is 0 Å². The Morgan fingerprint density at radius 1 is 1.13 bits per heavy atom. The Kier molecular flexibility index (Phi) is 4.84. The zero-order valence-corrected chi connectivity index (χ0v) is 17.8. The third-order valence-electron chi connectivity index (χ3n) is 6.32. The Morgan fingerprint density at radius 2 is 1.90 bits per heavy atom. The molecule has 5 rings (SSSR count). The molecule has 2 aliphatic rings. The van der Waals surface area contributed by atoms with Crippen LogP contribution in [0.1, 0.15) is 29.0 Å². The molecule has 8 heteroatoms. The summed E-state index contributed by atoms with van der Waals surface area (Å²) in [5, 5.41) is 0. The molecule has 8 nitrogen and oxygen atoms in total. The first-order valence-electron chi connectivity index (χ1n) is 10.7. The number of hydrogen-bond acceptors (Lipinski definition) is 4. The van der Waals surface area contributed by atoms with E-state index in [1.807, 2.05) is 46.0 Å². The highest BCUT2D eigenvalue weighted by Crippen LogP contribution is 2.36. The van der Waals surface area contributed by atoms with Crippen molar-refractivity contribution in [1.82, 2.24) is 28.9 Å². The Morgan fingerprint density at radius 3 is 2.61 bits per heavy atom. The van der Waals surface area contributed by atoms with E-state index in [0.717, 1.165) is 29.9 Å². The van der Waals surface area contributed by atoms with E-state index in [0.29, 0.717) is 18.7 Å². The normalized spacial score (nSPS) is 19.7. The molecule has 1 fully saturated rings. The quantitative estimate of drug-likeness (QED) is 0.650. The van der Waals surface area contributed by atoms with Crippen LogP contribution in [0.25, 0.3) is 11.4 Å². The molecule has 0 radical (unpaired) electrons. The molecule has 2 aromatic heterocycles. The first kappa shape index (κ1) is 19.5. The van der Waals surface area contributed by atoms with Gasteiger partial charge in [-0.05, 0) is 12.8 Å². The van der Waals surface area contributed by atoms with Gasteiger partial charge in [0.05, 0.1) is 18.1 Å². The van der Waals surface area contributed by atoms with E-state index in [1.54, 1.807) is 31.5 Å². The fraction of sp³-hybridized carbons (Fsp3) is 0.391. The molecule has 2 atom stereocenters. The van der Waals surface area contributed by atoms with Gasteiger partial charge in [-0.3, -0.25) is 9.59 Å². The monoisotopic (exact) mass is 418 g/mol. The van der Waals surface area contributed by atoms with Crippen LogP contribution in [0.15, 0.2) is 49.1 Å². The number of carbonyl (C=O) groups excluding carboxylic acids is 2. The lowest BCUT2D eigenvalue weighted by molar-refractivity contribution is -0.134. The second-order valence-corrected chi connectivity index (χ2v) is 8.53. The van der Waals surface area contributed by atoms with Crippen LogP contribution in [0.3, 0.4) is 0 Å². The minimum absolute atomic E-state index is 0.0799. The van der Waals surface area contributed by atoms with Crippen LogP contribution in [0.4, 0.5) is 0 Å². The topological polar surface area (TPSA) is 76.3 Å². The van der Waals surface area contributed by atoms with E-state index in [2.05, 4.69) is 9.55 Å². The maximum absolute atomic E-state index is 13.2. The maximum atomic E-state index is 13.2. The average molecular weight is 419 g/mol. The molecule has 0 saturated carbocycles. The van der Waals surface area contributed by atoms with Gasteiger partial charge in [-0.1, -0.05) is 30.3 Å². The van der Waals surface area contributed by atoms with Crippen molar-refractivity contribution < 1.29 is 9.59 Å². The lowest BCUT2D eigenvalue weighted by Crippen LogP contribution is -2.43. The number of hydrogen-bond donors (Lipinski definition) is 0. The van der Waals surface area contributed by atoms with Crippen molar-refractivity contribution in [3.05, 3.63) is 60.4 Å². The van der Waals surface area contributed by atoms with Gasteiger partial charge in [0, 0.05) is 51.1 Å². The Bertz CT molecular complexity index is 1100. The molecule has 4 heterocycles. The van der Waals surface area contributed by atoms with Crippen LogP contribution < -0.4 is 0 Å². The van der Waals surface area contributed by atoms with Gasteiger partial charge in [0.25, 0.3) is 5.91 Å². The second kappa shape index (κ2) is 7.68. The van der Waals surface area contributed by atoms with Crippen LogP contribution in [0.5, 0.6) is 0 Å². The maximum Gasteiger partial charge on any atom is 0.273 e. The van der Waals surface area contributed by atoms with E-state index in [9.17, 15) is 9.59 Å². The highest BCUT2D eigenvalue weighted by Gasteiger charge is 2.42. The molecule has 0 N–H and O–H groups in total. The van der Waals surface area contributed by atoms with Crippen molar-refractivity contribution in [3.8, 4) is 11.4 Å². The van der Waals surface area contributed by atoms with Gasteiger partial charge < -0.3 is 18.9 Å². The Balaban J connectivity index is 1.54. The summed E-state index contributed by atoms with van der Waals surface area (Å²) in [5.74, 6) is 0.807. The summed E-state index contributed by atoms with van der Waals surface area (Å²) in [5.41, 5.74) is 2.42. The molecule has 3 aromatic rings. The summed E-state index contributed by atoms with van der Waals surface area (Å²) in [4.78, 5) is 38.7. The number of carbonyl (C=O) groups is 2. The standard InChI is InChI=1S/C23H26N6O2/c1-26(2)23(31)21-19-12-17-8-9-18(29(17)20(30)14-27-11-10-24-15-27)13-28(19)22(25-21)16-6-4-3-5-7-16/h3-7,10-11,15,17-18H,8-9,12-14H2,1-2H3/t17-,18+/m0/s1. The van der Waals surface area contributed by atoms with Gasteiger partial charge in [-0.25, -0.2) is 9.97 Å². The van der Waals surface area contributed by atoms with E-state index in [1.165, 1.54) is 0 Å². The minimum Gasteiger partial charge on any atom is -0.343 e. The van der Waals surface area contributed by atoms with Crippen LogP contribution >= 0.6 is 0 Å². The lowest BCUT2D eigenvalue weighted by Gasteiger charge is -2.28. The molecular weight excluding hydrogens is 392 g/mol. The van der Waals surface area contributed by atoms with Crippen LogP contribution in [-0.2, 0) is 24.3 Å². The first-order chi connectivity index (χ1) is 15.0. The van der Waals surface area contributed by atoms with Gasteiger partial charge in [-0.15, -0.1) is 0 Å². The first-order valence-corrected chi connectivity index (χ1v) is 10.7. The highest BCUT2D eigenvalue weighted by molar-refractivity contribution is 5.94. The third-order valence-corrected chi connectivity index (χ3v) is 6.32. The predicted molar refractivity (Wildman–Crippen MR) is 115 cm³/mol. The van der Waals surface area contributed by atoms with Crippen LogP contribution in [0.2, 0.25) is 0 Å². The fourth-order valence-corrected chi connectivity index (χ4v) is 4.88. The smallest absolute Gasteiger partial charge is 0.273 e. The van der Waals surface area contributed by atoms with E-state index in [-0.39, 0.29) is 30.4 Å². The summed E-state index contributed by atoms with van der Waals surface area (Å²) < 4.78 is 3.98. The number of rotatable bonds is 4. The SMILES string of the molecule is CN(C)C(=O)c1nc(-c2ccccc2)n2c1C[C@@H]1CC[C@H](C2)N1C(=O)Cn1ccnc1. The second-order valence-electron chi connectivity index (χ2n) is 8.53. The minimum atomic E-state index is -0.0972. The van der Waals surface area contributed by atoms with Crippen molar-refractivity contribution in [2.75, 3.05) is 14.1 Å². The molecule has 1 aromatic carbocycles. The summed E-state index contributed by atoms with van der Waals surface area (Å²) in [6, 6.07) is 10.1. The highest BCUT2D eigenvalue weighted by atomic mass is 16.2. The summed E-state index contributed by atoms with van der Waals surface area (Å²) in [7, 11) is 3.50. The molecule has 2 amide bonds. The summed E-state index contributed by atoms with van der Waals surface area (Å²) >= 11 is 0. The van der Waals surface area contributed by atoms with E-state index < -0.39 is 0 Å². The number of fused-ring (bicyclic) bond motifs is 3. The number of amides is 2. The number of benzene rings is 1. The zero-order valence-electron chi connectivity index (χ0n) is 17.8. The number of aromatic nitrogens is 4. The molecular formula is C23H26N6O2. The van der Waals surface area contributed by atoms with Gasteiger partial charge in [-0.2, -0.15) is 0 Å². The molecule has 2 aliphatic heterocycles. The Hall–Kier alpha value is -3.42. The van der Waals surface area contributed by atoms with E-state index in [4.69, 9.17) is 4.98 Å². The van der Waals surface area contributed by atoms with Crippen LogP contribution in [-0.4, -0.2) is 66.9 Å². The lowest BCUT2D eigenvalue weighted by atomic mass is 10.0. The van der Waals surface area contributed by atoms with Gasteiger partial charge in [0.1, 0.15) is 18.1 Å². The molecule has 2 bridgehead atoms. The largest absolute Gasteiger partial charge is 0.343 e. The molecule has 31 heavy (non-hydrogen) atoms. The molecule has 0 aliphatic carbocycles. The Labute approximate surface area is 181 Å². The van der Waals surface area contributed by atoms with E-state index >= 15 is 0 Å². The number of nitrogens with zero attached hydrogens (tertiary/aromatic N) is 6. The zero-order chi connectivity index (χ0) is 21.5. The van der Waals surface area contributed by atoms with Crippen molar-refractivity contribution in [2.45, 2.75) is 44.4 Å². The molecule has 0 unspecified atom stereocenters. The predicted octanol–water partition coefficient (Wildman–Crippen LogP) is 2.06. The van der Waals surface area contributed by atoms with Gasteiger partial charge >= 0.3 is 0 Å².